The monoisotopic (exact) mass is 246 g/mol. The lowest BCUT2D eigenvalue weighted by atomic mass is 10.5. The Morgan fingerprint density at radius 2 is 1.76 bits per heavy atom. The van der Waals surface area contributed by atoms with Crippen molar-refractivity contribution in [2.24, 2.45) is 0 Å². The molecule has 98 valence electrons. The zero-order valence-electron chi connectivity index (χ0n) is 9.94. The Labute approximate surface area is 100.0 Å². The highest BCUT2D eigenvalue weighted by Gasteiger charge is 2.25. The summed E-state index contributed by atoms with van der Waals surface area (Å²) in [6.07, 6.45) is 0. The highest BCUT2D eigenvalue weighted by atomic mass is 16.5. The lowest BCUT2D eigenvalue weighted by molar-refractivity contribution is -0.118. The number of urea groups is 1. The molecule has 1 saturated heterocycles. The number of amides is 3. The number of carbonyl (C=O) groups is 2. The summed E-state index contributed by atoms with van der Waals surface area (Å²) < 4.78 is 15.3. The van der Waals surface area contributed by atoms with Gasteiger partial charge < -0.3 is 19.1 Å². The molecule has 0 spiro atoms. The largest absolute Gasteiger partial charge is 0.382 e. The maximum atomic E-state index is 11.1. The van der Waals surface area contributed by atoms with Crippen LogP contribution >= 0.6 is 0 Å². The highest BCUT2D eigenvalue weighted by molar-refractivity contribution is 6.01. The lowest BCUT2D eigenvalue weighted by Gasteiger charge is -2.12. The first kappa shape index (κ1) is 13.9. The number of methoxy groups -OCH3 is 1. The Hall–Kier alpha value is -1.18. The summed E-state index contributed by atoms with van der Waals surface area (Å²) in [7, 11) is 1.61. The summed E-state index contributed by atoms with van der Waals surface area (Å²) in [5.74, 6) is -0.266. The SMILES string of the molecule is COCCOCCOCCN1CC(=O)NC1=O. The van der Waals surface area contributed by atoms with Crippen molar-refractivity contribution in [1.29, 1.82) is 0 Å². The molecule has 0 aromatic rings. The third-order valence-corrected chi connectivity index (χ3v) is 2.18. The van der Waals surface area contributed by atoms with Gasteiger partial charge >= 0.3 is 6.03 Å². The van der Waals surface area contributed by atoms with E-state index in [1.807, 2.05) is 0 Å². The standard InChI is InChI=1S/C10H18N2O5/c1-15-4-5-17-7-6-16-3-2-12-8-9(13)11-10(12)14/h2-8H2,1H3,(H,11,13,14). The molecule has 1 aliphatic heterocycles. The van der Waals surface area contributed by atoms with Crippen LogP contribution in [0, 0.1) is 0 Å². The van der Waals surface area contributed by atoms with Gasteiger partial charge in [0.2, 0.25) is 5.91 Å². The molecule has 17 heavy (non-hydrogen) atoms. The summed E-state index contributed by atoms with van der Waals surface area (Å²) in [4.78, 5) is 23.4. The molecule has 0 aromatic carbocycles. The average Bonchev–Trinajstić information content (AvgIpc) is 2.61. The number of hydrogen-bond acceptors (Lipinski definition) is 5. The Morgan fingerprint density at radius 1 is 1.12 bits per heavy atom. The predicted octanol–water partition coefficient (Wildman–Crippen LogP) is -0.782. The smallest absolute Gasteiger partial charge is 0.324 e. The van der Waals surface area contributed by atoms with Crippen molar-refractivity contribution in [3.63, 3.8) is 0 Å². The van der Waals surface area contributed by atoms with Gasteiger partial charge in [0.1, 0.15) is 6.54 Å². The molecular weight excluding hydrogens is 228 g/mol. The van der Waals surface area contributed by atoms with E-state index in [-0.39, 0.29) is 18.5 Å². The molecule has 0 saturated carbocycles. The second-order valence-electron chi connectivity index (χ2n) is 3.49. The van der Waals surface area contributed by atoms with Crippen molar-refractivity contribution in [2.45, 2.75) is 0 Å². The Kier molecular flexibility index (Phi) is 6.53. The fraction of sp³-hybridized carbons (Fsp3) is 0.800. The fourth-order valence-electron chi connectivity index (χ4n) is 1.30. The molecule has 1 rings (SSSR count). The lowest BCUT2D eigenvalue weighted by Crippen LogP contribution is -2.31. The Morgan fingerprint density at radius 3 is 2.35 bits per heavy atom. The predicted molar refractivity (Wildman–Crippen MR) is 58.6 cm³/mol. The molecular formula is C10H18N2O5. The van der Waals surface area contributed by atoms with Crippen LogP contribution in [0.1, 0.15) is 0 Å². The van der Waals surface area contributed by atoms with Crippen molar-refractivity contribution >= 4 is 11.9 Å². The fourth-order valence-corrected chi connectivity index (χ4v) is 1.30. The number of ether oxygens (including phenoxy) is 3. The van der Waals surface area contributed by atoms with E-state index >= 15 is 0 Å². The van der Waals surface area contributed by atoms with E-state index in [1.54, 1.807) is 7.11 Å². The van der Waals surface area contributed by atoms with Crippen LogP contribution in [0.2, 0.25) is 0 Å². The van der Waals surface area contributed by atoms with Crippen molar-refractivity contribution in [2.75, 3.05) is 53.2 Å². The van der Waals surface area contributed by atoms with Gasteiger partial charge in [-0.2, -0.15) is 0 Å². The summed E-state index contributed by atoms with van der Waals surface area (Å²) >= 11 is 0. The van der Waals surface area contributed by atoms with E-state index in [2.05, 4.69) is 5.32 Å². The van der Waals surface area contributed by atoms with E-state index in [0.29, 0.717) is 39.6 Å². The first-order chi connectivity index (χ1) is 8.24. The van der Waals surface area contributed by atoms with Crippen LogP contribution in [0.15, 0.2) is 0 Å². The summed E-state index contributed by atoms with van der Waals surface area (Å²) in [5, 5.41) is 2.20. The molecule has 0 unspecified atom stereocenters. The van der Waals surface area contributed by atoms with Gasteiger partial charge in [0.15, 0.2) is 0 Å². The first-order valence-electron chi connectivity index (χ1n) is 5.47. The van der Waals surface area contributed by atoms with E-state index in [4.69, 9.17) is 14.2 Å². The number of nitrogens with zero attached hydrogens (tertiary/aromatic N) is 1. The molecule has 1 heterocycles. The minimum Gasteiger partial charge on any atom is -0.382 e. The van der Waals surface area contributed by atoms with E-state index in [0.717, 1.165) is 0 Å². The van der Waals surface area contributed by atoms with Crippen LogP contribution < -0.4 is 5.32 Å². The number of nitrogens with one attached hydrogen (secondary N) is 1. The van der Waals surface area contributed by atoms with Gasteiger partial charge in [-0.25, -0.2) is 4.79 Å². The number of hydrogen-bond donors (Lipinski definition) is 1. The molecule has 1 fully saturated rings. The minimum absolute atomic E-state index is 0.118. The quantitative estimate of drug-likeness (QED) is 0.426. The minimum atomic E-state index is -0.352. The molecule has 7 heteroatoms. The van der Waals surface area contributed by atoms with Crippen molar-refractivity contribution in [3.8, 4) is 0 Å². The van der Waals surface area contributed by atoms with Crippen molar-refractivity contribution < 1.29 is 23.8 Å². The Bertz CT molecular complexity index is 259. The third-order valence-electron chi connectivity index (χ3n) is 2.18. The zero-order valence-corrected chi connectivity index (χ0v) is 9.94. The highest BCUT2D eigenvalue weighted by Crippen LogP contribution is 1.97. The Balaban J connectivity index is 1.91. The molecule has 1 aliphatic rings. The van der Waals surface area contributed by atoms with Crippen molar-refractivity contribution in [1.82, 2.24) is 10.2 Å². The maximum absolute atomic E-state index is 11.1. The van der Waals surface area contributed by atoms with Crippen LogP contribution in [0.5, 0.6) is 0 Å². The van der Waals surface area contributed by atoms with E-state index in [9.17, 15) is 9.59 Å². The van der Waals surface area contributed by atoms with Gasteiger partial charge in [-0.1, -0.05) is 0 Å². The molecule has 0 aliphatic carbocycles. The molecule has 7 nitrogen and oxygen atoms in total. The third kappa shape index (κ3) is 5.62. The van der Waals surface area contributed by atoms with Gasteiger partial charge in [-0.05, 0) is 0 Å². The normalized spacial score (nSPS) is 15.5. The summed E-state index contributed by atoms with van der Waals surface area (Å²) in [6.45, 7) is 3.00. The second-order valence-corrected chi connectivity index (χ2v) is 3.49. The van der Waals surface area contributed by atoms with Gasteiger partial charge in [0, 0.05) is 13.7 Å². The van der Waals surface area contributed by atoms with Gasteiger partial charge in [0.05, 0.1) is 33.0 Å². The van der Waals surface area contributed by atoms with E-state index in [1.165, 1.54) is 4.90 Å². The number of carbonyl (C=O) groups excluding carboxylic acids is 2. The first-order valence-corrected chi connectivity index (χ1v) is 5.47. The van der Waals surface area contributed by atoms with Crippen LogP contribution in [0.25, 0.3) is 0 Å². The van der Waals surface area contributed by atoms with Crippen molar-refractivity contribution in [3.05, 3.63) is 0 Å². The average molecular weight is 246 g/mol. The topological polar surface area (TPSA) is 77.1 Å². The molecule has 0 radical (unpaired) electrons. The van der Waals surface area contributed by atoms with Gasteiger partial charge in [-0.15, -0.1) is 0 Å². The van der Waals surface area contributed by atoms with Gasteiger partial charge in [0.25, 0.3) is 0 Å². The molecule has 1 N–H and O–H groups in total. The van der Waals surface area contributed by atoms with Gasteiger partial charge in [-0.3, -0.25) is 10.1 Å². The molecule has 0 bridgehead atoms. The molecule has 0 atom stereocenters. The maximum Gasteiger partial charge on any atom is 0.324 e. The summed E-state index contributed by atoms with van der Waals surface area (Å²) in [6, 6.07) is -0.352. The molecule has 0 aromatic heterocycles. The van der Waals surface area contributed by atoms with Crippen LogP contribution in [0.4, 0.5) is 4.79 Å². The van der Waals surface area contributed by atoms with Crippen LogP contribution in [-0.4, -0.2) is 70.1 Å². The number of imide groups is 1. The second kappa shape index (κ2) is 7.99. The van der Waals surface area contributed by atoms with Crippen LogP contribution in [0.3, 0.4) is 0 Å². The van der Waals surface area contributed by atoms with Crippen LogP contribution in [-0.2, 0) is 19.0 Å². The summed E-state index contributed by atoms with van der Waals surface area (Å²) in [5.41, 5.74) is 0. The molecule has 3 amide bonds. The zero-order chi connectivity index (χ0) is 12.5. The number of rotatable bonds is 9. The van der Waals surface area contributed by atoms with E-state index < -0.39 is 0 Å².